The van der Waals surface area contributed by atoms with E-state index in [-0.39, 0.29) is 24.3 Å². The van der Waals surface area contributed by atoms with E-state index in [1.165, 1.54) is 13.1 Å². The molecule has 19 heteroatoms. The van der Waals surface area contributed by atoms with Crippen molar-refractivity contribution >= 4 is 23.8 Å². The van der Waals surface area contributed by atoms with Crippen molar-refractivity contribution in [1.29, 1.82) is 0 Å². The third-order valence-electron chi connectivity index (χ3n) is 6.11. The minimum Gasteiger partial charge on any atom is -0.480 e. The lowest BCUT2D eigenvalue weighted by molar-refractivity contribution is -0.175. The van der Waals surface area contributed by atoms with Crippen LogP contribution in [0.4, 0.5) is 13.2 Å². The zero-order valence-electron chi connectivity index (χ0n) is 22.7. The second-order valence-corrected chi connectivity index (χ2v) is 9.89. The van der Waals surface area contributed by atoms with Crippen LogP contribution in [0.5, 0.6) is 0 Å². The third-order valence-corrected chi connectivity index (χ3v) is 6.11. The Morgan fingerprint density at radius 1 is 1.26 bits per heavy atom. The Morgan fingerprint density at radius 3 is 2.50 bits per heavy atom. The van der Waals surface area contributed by atoms with E-state index in [1.54, 1.807) is 19.2 Å². The predicted molar refractivity (Wildman–Crippen MR) is 135 cm³/mol. The summed E-state index contributed by atoms with van der Waals surface area (Å²) in [5.41, 5.74) is 7.71. The number of aliphatic carboxylic acids is 1. The Kier molecular flexibility index (Phi) is 11.7. The number of carbonyl (C=O) groups excluding carboxylic acids is 3. The molecule has 1 aromatic rings. The van der Waals surface area contributed by atoms with Crippen LogP contribution in [-0.4, -0.2) is 75.4 Å². The molecule has 1 aliphatic heterocycles. The van der Waals surface area contributed by atoms with Gasteiger partial charge in [-0.2, -0.15) is 13.2 Å². The number of aromatic nitrogens is 2. The van der Waals surface area contributed by atoms with Gasteiger partial charge < -0.3 is 25.2 Å². The van der Waals surface area contributed by atoms with Gasteiger partial charge in [0, 0.05) is 29.5 Å². The molecule has 2 rings (SSSR count). The Bertz CT molecular complexity index is 1340. The summed E-state index contributed by atoms with van der Waals surface area (Å²) in [7, 11) is 0. The van der Waals surface area contributed by atoms with Gasteiger partial charge in [-0.3, -0.25) is 28.7 Å². The molecule has 0 radical (unpaired) electrons. The van der Waals surface area contributed by atoms with Crippen molar-refractivity contribution < 1.29 is 46.9 Å². The van der Waals surface area contributed by atoms with Crippen molar-refractivity contribution in [2.24, 2.45) is 11.0 Å². The van der Waals surface area contributed by atoms with E-state index in [2.05, 4.69) is 15.0 Å². The summed E-state index contributed by atoms with van der Waals surface area (Å²) in [6, 6.07) is -4.26. The van der Waals surface area contributed by atoms with Gasteiger partial charge >= 0.3 is 29.7 Å². The van der Waals surface area contributed by atoms with E-state index < -0.39 is 91.1 Å². The van der Waals surface area contributed by atoms with Crippen molar-refractivity contribution in [3.8, 4) is 0 Å². The van der Waals surface area contributed by atoms with Crippen LogP contribution in [0.2, 0.25) is 0 Å². The molecule has 2 amide bonds. The van der Waals surface area contributed by atoms with Gasteiger partial charge in [-0.1, -0.05) is 19.0 Å². The van der Waals surface area contributed by atoms with Crippen molar-refractivity contribution in [3.63, 3.8) is 0 Å². The summed E-state index contributed by atoms with van der Waals surface area (Å²) < 4.78 is 49.9. The lowest BCUT2D eigenvalue weighted by Gasteiger charge is -2.23. The fourth-order valence-corrected chi connectivity index (χ4v) is 4.01. The van der Waals surface area contributed by atoms with Gasteiger partial charge in [0.1, 0.15) is 31.0 Å². The van der Waals surface area contributed by atoms with E-state index in [0.717, 1.165) is 4.57 Å². The highest BCUT2D eigenvalue weighted by molar-refractivity contribution is 5.92. The number of amides is 2. The molecule has 0 spiro atoms. The number of azide groups is 1. The zero-order valence-corrected chi connectivity index (χ0v) is 22.7. The molecule has 0 aliphatic carbocycles. The van der Waals surface area contributed by atoms with E-state index in [1.807, 2.05) is 5.32 Å². The van der Waals surface area contributed by atoms with Crippen LogP contribution in [0, 0.1) is 12.8 Å². The molecule has 1 saturated heterocycles. The number of halogens is 3. The maximum Gasteiger partial charge on any atom is 0.471 e. The Labute approximate surface area is 235 Å². The molecule has 232 valence electrons. The van der Waals surface area contributed by atoms with Crippen molar-refractivity contribution in [2.75, 3.05) is 6.61 Å². The predicted octanol–water partition coefficient (Wildman–Crippen LogP) is 0.797. The first-order valence-corrected chi connectivity index (χ1v) is 12.6. The van der Waals surface area contributed by atoms with Crippen molar-refractivity contribution in [1.82, 2.24) is 20.2 Å². The molecular formula is C23H30F3N7O9. The number of nitrogens with zero attached hydrogens (tertiary/aromatic N) is 4. The Hall–Kier alpha value is -4.38. The topological polar surface area (TPSA) is 235 Å². The normalized spacial score (nSPS) is 19.8. The number of ether oxygens (including phenoxy) is 2. The fourth-order valence-electron chi connectivity index (χ4n) is 4.01. The molecule has 16 nitrogen and oxygen atoms in total. The molecule has 0 saturated carbocycles. The van der Waals surface area contributed by atoms with Gasteiger partial charge in [0.15, 0.2) is 0 Å². The van der Waals surface area contributed by atoms with Gasteiger partial charge in [0.2, 0.25) is 5.91 Å². The van der Waals surface area contributed by atoms with Crippen molar-refractivity contribution in [3.05, 3.63) is 43.0 Å². The van der Waals surface area contributed by atoms with Crippen LogP contribution in [0.1, 0.15) is 51.3 Å². The second-order valence-electron chi connectivity index (χ2n) is 9.89. The zero-order chi connectivity index (χ0) is 31.8. The molecule has 3 unspecified atom stereocenters. The van der Waals surface area contributed by atoms with Crippen LogP contribution in [-0.2, 0) is 28.7 Å². The number of hydrogen-bond acceptors (Lipinski definition) is 9. The van der Waals surface area contributed by atoms with E-state index in [0.29, 0.717) is 0 Å². The molecule has 1 fully saturated rings. The number of esters is 1. The van der Waals surface area contributed by atoms with Crippen LogP contribution in [0.15, 0.2) is 20.9 Å². The highest BCUT2D eigenvalue weighted by Gasteiger charge is 2.41. The quantitative estimate of drug-likeness (QED) is 0.108. The highest BCUT2D eigenvalue weighted by atomic mass is 19.4. The summed E-state index contributed by atoms with van der Waals surface area (Å²) >= 11 is 0. The van der Waals surface area contributed by atoms with Crippen LogP contribution < -0.4 is 21.9 Å². The van der Waals surface area contributed by atoms with Crippen molar-refractivity contribution in [2.45, 2.75) is 83.1 Å². The Balaban J connectivity index is 2.00. The molecule has 0 bridgehead atoms. The van der Waals surface area contributed by atoms with Gasteiger partial charge in [0.25, 0.3) is 5.56 Å². The highest BCUT2D eigenvalue weighted by Crippen LogP contribution is 2.30. The lowest BCUT2D eigenvalue weighted by Crippen LogP contribution is -2.54. The first-order chi connectivity index (χ1) is 19.5. The standard InChI is InChI=1S/C23H30F3N7O9/c1-10(2)6-14(29-21(39)23(24,25)26)19(36)28-12(20(37)38)4-5-17(34)41-9-15-13(31-32-27)7-16(42-15)33-8-11(3)18(35)30-22(33)40/h8,10,12-16H,4-7,9H2,1-3H3,(H,28,36)(H,29,39)(H,37,38)(H,30,35,40)/t12?,13?,14?,15-,16-/m1/s1. The number of H-pyrrole nitrogens is 1. The van der Waals surface area contributed by atoms with Gasteiger partial charge in [-0.25, -0.2) is 9.59 Å². The second kappa shape index (κ2) is 14.5. The monoisotopic (exact) mass is 605 g/mol. The number of carboxylic acids is 1. The molecule has 4 N–H and O–H groups in total. The first-order valence-electron chi connectivity index (χ1n) is 12.6. The number of rotatable bonds is 13. The van der Waals surface area contributed by atoms with E-state index in [4.69, 9.17) is 15.0 Å². The average Bonchev–Trinajstić information content (AvgIpc) is 3.28. The average molecular weight is 606 g/mol. The van der Waals surface area contributed by atoms with Crippen LogP contribution in [0.25, 0.3) is 10.4 Å². The molecule has 1 aliphatic rings. The number of aromatic amines is 1. The lowest BCUT2D eigenvalue weighted by atomic mass is 10.0. The molecule has 2 heterocycles. The maximum absolute atomic E-state index is 12.7. The molecule has 0 aromatic carbocycles. The van der Waals surface area contributed by atoms with Crippen LogP contribution in [0.3, 0.4) is 0 Å². The first kappa shape index (κ1) is 33.8. The largest absolute Gasteiger partial charge is 0.480 e. The fraction of sp³-hybridized carbons (Fsp3) is 0.652. The van der Waals surface area contributed by atoms with Gasteiger partial charge in [-0.05, 0) is 31.2 Å². The molecule has 1 aromatic heterocycles. The van der Waals surface area contributed by atoms with Gasteiger partial charge in [0.05, 0.1) is 6.04 Å². The summed E-state index contributed by atoms with van der Waals surface area (Å²) in [5, 5.41) is 16.6. The van der Waals surface area contributed by atoms with E-state index in [9.17, 15) is 47.0 Å². The summed E-state index contributed by atoms with van der Waals surface area (Å²) in [5.74, 6) is -6.42. The smallest absolute Gasteiger partial charge is 0.471 e. The van der Waals surface area contributed by atoms with Crippen LogP contribution >= 0.6 is 0 Å². The summed E-state index contributed by atoms with van der Waals surface area (Å²) in [6.45, 7) is 4.16. The number of carboxylic acid groups (broad SMARTS) is 1. The number of aryl methyl sites for hydroxylation is 1. The molecule has 42 heavy (non-hydrogen) atoms. The summed E-state index contributed by atoms with van der Waals surface area (Å²) in [4.78, 5) is 76.5. The molecular weight excluding hydrogens is 575 g/mol. The number of alkyl halides is 3. The molecule has 5 atom stereocenters. The van der Waals surface area contributed by atoms with E-state index >= 15 is 0 Å². The van der Waals surface area contributed by atoms with Gasteiger partial charge in [-0.15, -0.1) is 0 Å². The minimum absolute atomic E-state index is 0.00715. The number of hydrogen-bond donors (Lipinski definition) is 4. The minimum atomic E-state index is -5.26. The third kappa shape index (κ3) is 9.62. The summed E-state index contributed by atoms with van der Waals surface area (Å²) in [6.07, 6.45) is -7.25. The maximum atomic E-state index is 12.7. The number of carbonyl (C=O) groups is 4. The SMILES string of the molecule is Cc1cn([C@H]2CC(N=[N+]=[N-])[C@@H](COC(=O)CCC(NC(=O)C(CC(C)C)NC(=O)C(F)(F)F)C(=O)O)O2)c(=O)[nH]c1=O. The number of nitrogens with one attached hydrogen (secondary N) is 3. The Morgan fingerprint density at radius 2 is 1.93 bits per heavy atom.